The number of benzene rings is 1. The summed E-state index contributed by atoms with van der Waals surface area (Å²) in [5, 5.41) is 2.39. The zero-order chi connectivity index (χ0) is 14.5. The molecule has 1 amide bonds. The number of rotatable bonds is 3. The van der Waals surface area contributed by atoms with Crippen LogP contribution in [0.1, 0.15) is 32.6 Å². The predicted molar refractivity (Wildman–Crippen MR) is 73.6 cm³/mol. The normalized spacial score (nSPS) is 18.4. The molecule has 2 N–H and O–H groups in total. The van der Waals surface area contributed by atoms with Crippen molar-refractivity contribution in [3.05, 3.63) is 29.8 Å². The minimum Gasteiger partial charge on any atom is -0.325 e. The summed E-state index contributed by atoms with van der Waals surface area (Å²) < 4.78 is 27.0. The van der Waals surface area contributed by atoms with E-state index < -0.39 is 11.6 Å². The lowest BCUT2D eigenvalue weighted by molar-refractivity contribution is -0.913. The van der Waals surface area contributed by atoms with Gasteiger partial charge < -0.3 is 10.2 Å². The molecule has 0 bridgehead atoms. The van der Waals surface area contributed by atoms with Gasteiger partial charge in [0, 0.05) is 0 Å². The van der Waals surface area contributed by atoms with E-state index in [1.54, 1.807) is 0 Å². The van der Waals surface area contributed by atoms with E-state index in [9.17, 15) is 13.6 Å². The maximum atomic E-state index is 13.5. The SMILES string of the molecule is C[C@H](C(=O)Nc1c(F)cccc1F)[NH+]1CCCCCC1. The van der Waals surface area contributed by atoms with Gasteiger partial charge in [0.2, 0.25) is 0 Å². The lowest BCUT2D eigenvalue weighted by Gasteiger charge is -2.23. The van der Waals surface area contributed by atoms with Crippen LogP contribution in [-0.4, -0.2) is 25.0 Å². The quantitative estimate of drug-likeness (QED) is 0.870. The molecular formula is C15H21F2N2O+. The predicted octanol–water partition coefficient (Wildman–Crippen LogP) is 1.75. The molecule has 1 aliphatic rings. The van der Waals surface area contributed by atoms with Gasteiger partial charge in [-0.3, -0.25) is 4.79 Å². The summed E-state index contributed by atoms with van der Waals surface area (Å²) in [5.41, 5.74) is -0.349. The van der Waals surface area contributed by atoms with Crippen molar-refractivity contribution >= 4 is 11.6 Å². The largest absolute Gasteiger partial charge is 0.325 e. The second kappa shape index (κ2) is 6.79. The Morgan fingerprint density at radius 1 is 1.15 bits per heavy atom. The van der Waals surface area contributed by atoms with E-state index in [1.165, 1.54) is 23.8 Å². The summed E-state index contributed by atoms with van der Waals surface area (Å²) >= 11 is 0. The summed E-state index contributed by atoms with van der Waals surface area (Å²) in [6, 6.07) is 3.26. The van der Waals surface area contributed by atoms with Crippen molar-refractivity contribution in [3.8, 4) is 0 Å². The first-order valence-corrected chi connectivity index (χ1v) is 7.19. The molecule has 0 aromatic heterocycles. The molecule has 0 spiro atoms. The van der Waals surface area contributed by atoms with Crippen molar-refractivity contribution in [3.63, 3.8) is 0 Å². The molecule has 1 heterocycles. The first-order valence-electron chi connectivity index (χ1n) is 7.19. The average molecular weight is 283 g/mol. The summed E-state index contributed by atoms with van der Waals surface area (Å²) in [6.45, 7) is 3.69. The number of nitrogens with one attached hydrogen (secondary N) is 2. The Labute approximate surface area is 118 Å². The number of amides is 1. The van der Waals surface area contributed by atoms with Gasteiger partial charge in [-0.2, -0.15) is 0 Å². The third-order valence-electron chi connectivity index (χ3n) is 3.96. The summed E-state index contributed by atoms with van der Waals surface area (Å²) in [6.07, 6.45) is 4.58. The highest BCUT2D eigenvalue weighted by Gasteiger charge is 2.27. The molecular weight excluding hydrogens is 262 g/mol. The highest BCUT2D eigenvalue weighted by atomic mass is 19.1. The zero-order valence-corrected chi connectivity index (χ0v) is 11.7. The monoisotopic (exact) mass is 283 g/mol. The molecule has 110 valence electrons. The number of quaternary nitrogens is 1. The van der Waals surface area contributed by atoms with Crippen LogP contribution in [0.25, 0.3) is 0 Å². The maximum absolute atomic E-state index is 13.5. The van der Waals surface area contributed by atoms with Gasteiger partial charge in [0.1, 0.15) is 17.3 Å². The Kier molecular flexibility index (Phi) is 5.06. The third-order valence-corrected chi connectivity index (χ3v) is 3.96. The van der Waals surface area contributed by atoms with Crippen LogP contribution in [0.4, 0.5) is 14.5 Å². The van der Waals surface area contributed by atoms with E-state index in [2.05, 4.69) is 5.32 Å². The van der Waals surface area contributed by atoms with Crippen molar-refractivity contribution in [1.29, 1.82) is 0 Å². The number of hydrogen-bond donors (Lipinski definition) is 2. The molecule has 0 unspecified atom stereocenters. The van der Waals surface area contributed by atoms with Crippen LogP contribution >= 0.6 is 0 Å². The maximum Gasteiger partial charge on any atom is 0.282 e. The molecule has 0 radical (unpaired) electrons. The minimum absolute atomic E-state index is 0.299. The van der Waals surface area contributed by atoms with Gasteiger partial charge in [-0.05, 0) is 44.7 Å². The molecule has 3 nitrogen and oxygen atoms in total. The fourth-order valence-electron chi connectivity index (χ4n) is 2.65. The second-order valence-corrected chi connectivity index (χ2v) is 5.38. The number of halogens is 2. The van der Waals surface area contributed by atoms with Crippen molar-refractivity contribution in [1.82, 2.24) is 0 Å². The van der Waals surface area contributed by atoms with Crippen LogP contribution in [-0.2, 0) is 4.79 Å². The van der Waals surface area contributed by atoms with Crippen LogP contribution in [0.2, 0.25) is 0 Å². The lowest BCUT2D eigenvalue weighted by Crippen LogP contribution is -3.16. The van der Waals surface area contributed by atoms with Crippen LogP contribution < -0.4 is 10.2 Å². The van der Waals surface area contributed by atoms with Gasteiger partial charge in [0.25, 0.3) is 5.91 Å². The van der Waals surface area contributed by atoms with E-state index >= 15 is 0 Å². The van der Waals surface area contributed by atoms with E-state index in [0.29, 0.717) is 0 Å². The first-order chi connectivity index (χ1) is 9.59. The smallest absolute Gasteiger partial charge is 0.282 e. The number of carbonyl (C=O) groups is 1. The Morgan fingerprint density at radius 2 is 1.70 bits per heavy atom. The minimum atomic E-state index is -0.739. The molecule has 1 aromatic rings. The second-order valence-electron chi connectivity index (χ2n) is 5.38. The summed E-state index contributed by atoms with van der Waals surface area (Å²) in [5.74, 6) is -1.81. The molecule has 0 saturated carbocycles. The number of carbonyl (C=O) groups excluding carboxylic acids is 1. The molecule has 1 fully saturated rings. The highest BCUT2D eigenvalue weighted by molar-refractivity contribution is 5.93. The standard InChI is InChI=1S/C15H20F2N2O/c1-11(19-9-4-2-3-5-10-19)15(20)18-14-12(16)7-6-8-13(14)17/h6-8,11H,2-5,9-10H2,1H3,(H,18,20)/p+1/t11-/m1/s1. The highest BCUT2D eigenvalue weighted by Crippen LogP contribution is 2.17. The van der Waals surface area contributed by atoms with E-state index in [1.807, 2.05) is 6.92 Å². The van der Waals surface area contributed by atoms with Crippen LogP contribution in [0, 0.1) is 11.6 Å². The number of para-hydroxylation sites is 1. The van der Waals surface area contributed by atoms with E-state index in [0.717, 1.165) is 38.1 Å². The van der Waals surface area contributed by atoms with Gasteiger partial charge in [-0.1, -0.05) is 6.07 Å². The van der Waals surface area contributed by atoms with Crippen molar-refractivity contribution in [2.45, 2.75) is 38.6 Å². The third kappa shape index (κ3) is 3.54. The van der Waals surface area contributed by atoms with Crippen molar-refractivity contribution in [2.75, 3.05) is 18.4 Å². The number of anilines is 1. The zero-order valence-electron chi connectivity index (χ0n) is 11.7. The van der Waals surface area contributed by atoms with Gasteiger partial charge in [-0.25, -0.2) is 8.78 Å². The Hall–Kier alpha value is -1.49. The van der Waals surface area contributed by atoms with Gasteiger partial charge in [0.15, 0.2) is 6.04 Å². The van der Waals surface area contributed by atoms with Crippen LogP contribution in [0.5, 0.6) is 0 Å². The van der Waals surface area contributed by atoms with E-state index in [-0.39, 0.29) is 17.6 Å². The molecule has 1 aromatic carbocycles. The summed E-state index contributed by atoms with van der Waals surface area (Å²) in [4.78, 5) is 13.4. The van der Waals surface area contributed by atoms with E-state index in [4.69, 9.17) is 0 Å². The van der Waals surface area contributed by atoms with Gasteiger partial charge in [-0.15, -0.1) is 0 Å². The molecule has 1 atom stereocenters. The summed E-state index contributed by atoms with van der Waals surface area (Å²) in [7, 11) is 0. The first kappa shape index (κ1) is 14.9. The Morgan fingerprint density at radius 3 is 2.25 bits per heavy atom. The number of likely N-dealkylation sites (tertiary alicyclic amines) is 1. The number of hydrogen-bond acceptors (Lipinski definition) is 1. The van der Waals surface area contributed by atoms with Crippen molar-refractivity contribution < 1.29 is 18.5 Å². The fraction of sp³-hybridized carbons (Fsp3) is 0.533. The van der Waals surface area contributed by atoms with Gasteiger partial charge >= 0.3 is 0 Å². The molecule has 5 heteroatoms. The molecule has 2 rings (SSSR count). The molecule has 1 saturated heterocycles. The van der Waals surface area contributed by atoms with Crippen molar-refractivity contribution in [2.24, 2.45) is 0 Å². The van der Waals surface area contributed by atoms with Crippen LogP contribution in [0.15, 0.2) is 18.2 Å². The Balaban J connectivity index is 2.03. The molecule has 1 aliphatic heterocycles. The lowest BCUT2D eigenvalue weighted by atomic mass is 10.2. The molecule has 0 aliphatic carbocycles. The van der Waals surface area contributed by atoms with Crippen LogP contribution in [0.3, 0.4) is 0 Å². The fourth-order valence-corrected chi connectivity index (χ4v) is 2.65. The topological polar surface area (TPSA) is 33.5 Å². The average Bonchev–Trinajstić information content (AvgIpc) is 2.71. The Bertz CT molecular complexity index is 451. The van der Waals surface area contributed by atoms with Gasteiger partial charge in [0.05, 0.1) is 13.1 Å². The molecule has 20 heavy (non-hydrogen) atoms.